The number of hydrogen-bond donors (Lipinski definition) is 0. The van der Waals surface area contributed by atoms with Crippen molar-refractivity contribution in [2.45, 2.75) is 64.2 Å². The molecule has 0 bridgehead atoms. The monoisotopic (exact) mass is 537 g/mol. The number of nitrogens with zero attached hydrogens (tertiary/aromatic N) is 5. The van der Waals surface area contributed by atoms with Crippen molar-refractivity contribution >= 4 is 11.6 Å². The molecular weight excluding hydrogens is 503 g/mol. The normalized spacial score (nSPS) is 21.2. The highest BCUT2D eigenvalue weighted by Gasteiger charge is 2.41. The van der Waals surface area contributed by atoms with Crippen LogP contribution in [0.2, 0.25) is 0 Å². The molecule has 1 saturated heterocycles. The van der Waals surface area contributed by atoms with Crippen LogP contribution in [0.4, 0.5) is 18.9 Å². The van der Waals surface area contributed by atoms with Crippen LogP contribution in [0.3, 0.4) is 0 Å². The molecule has 39 heavy (non-hydrogen) atoms. The standard InChI is InChI=1S/C30H34F3N5O/c1-19-6-5-11-37(15-19)16-20-12-24-25(26(13-20)30(31,32)33)17-38(29(24)39)23-10-4-9-22(14-23)27(21-7-3-8-21)28-35-34-18-36(28)2/h4,9-10,12-14,18-19,21,27H,3,5-8,11,15-17H2,1-2H3/t19-,27+/m0/s1. The molecule has 3 heterocycles. The number of anilines is 1. The highest BCUT2D eigenvalue weighted by atomic mass is 19.4. The van der Waals surface area contributed by atoms with Crippen molar-refractivity contribution in [1.29, 1.82) is 0 Å². The van der Waals surface area contributed by atoms with Crippen LogP contribution in [0.15, 0.2) is 42.7 Å². The molecule has 1 aromatic heterocycles. The summed E-state index contributed by atoms with van der Waals surface area (Å²) in [5.74, 6) is 1.45. The average Bonchev–Trinajstić information content (AvgIpc) is 3.43. The van der Waals surface area contributed by atoms with Gasteiger partial charge in [-0.15, -0.1) is 10.2 Å². The van der Waals surface area contributed by atoms with Gasteiger partial charge in [0.15, 0.2) is 0 Å². The van der Waals surface area contributed by atoms with E-state index in [1.165, 1.54) is 11.0 Å². The number of piperidine rings is 1. The van der Waals surface area contributed by atoms with Crippen LogP contribution in [0.5, 0.6) is 0 Å². The number of halogens is 3. The fourth-order valence-corrected chi connectivity index (χ4v) is 6.57. The van der Waals surface area contributed by atoms with E-state index < -0.39 is 11.7 Å². The zero-order chi connectivity index (χ0) is 27.3. The maximum absolute atomic E-state index is 14.3. The summed E-state index contributed by atoms with van der Waals surface area (Å²) < 4.78 is 44.7. The number of alkyl halides is 3. The molecule has 2 aromatic carbocycles. The Labute approximate surface area is 226 Å². The third-order valence-corrected chi connectivity index (χ3v) is 8.74. The molecule has 3 aromatic rings. The Balaban J connectivity index is 1.33. The van der Waals surface area contributed by atoms with E-state index in [2.05, 4.69) is 22.0 Å². The van der Waals surface area contributed by atoms with E-state index in [9.17, 15) is 18.0 Å². The molecule has 1 aliphatic carbocycles. The molecule has 1 amide bonds. The average molecular weight is 538 g/mol. The van der Waals surface area contributed by atoms with E-state index in [1.807, 2.05) is 35.9 Å². The minimum Gasteiger partial charge on any atom is -0.320 e. The number of fused-ring (bicyclic) bond motifs is 1. The molecule has 206 valence electrons. The Morgan fingerprint density at radius 1 is 1.10 bits per heavy atom. The second-order valence-electron chi connectivity index (χ2n) is 11.6. The molecule has 0 unspecified atom stereocenters. The highest BCUT2D eigenvalue weighted by molar-refractivity contribution is 6.10. The topological polar surface area (TPSA) is 54.3 Å². The lowest BCUT2D eigenvalue weighted by molar-refractivity contribution is -0.138. The maximum atomic E-state index is 14.3. The van der Waals surface area contributed by atoms with Crippen LogP contribution in [0.1, 0.15) is 83.4 Å². The quantitative estimate of drug-likeness (QED) is 0.378. The lowest BCUT2D eigenvalue weighted by Crippen LogP contribution is -2.33. The number of hydrogen-bond acceptors (Lipinski definition) is 4. The number of amides is 1. The predicted molar refractivity (Wildman–Crippen MR) is 142 cm³/mol. The van der Waals surface area contributed by atoms with E-state index in [1.54, 1.807) is 12.4 Å². The first-order valence-corrected chi connectivity index (χ1v) is 13.9. The molecule has 6 rings (SSSR count). The molecular formula is C30H34F3N5O. The van der Waals surface area contributed by atoms with Crippen molar-refractivity contribution < 1.29 is 18.0 Å². The summed E-state index contributed by atoms with van der Waals surface area (Å²) in [5.41, 5.74) is 1.70. The van der Waals surface area contributed by atoms with Crippen LogP contribution in [-0.2, 0) is 26.3 Å². The van der Waals surface area contributed by atoms with Gasteiger partial charge in [-0.2, -0.15) is 13.2 Å². The number of carbonyl (C=O) groups excluding carboxylic acids is 1. The fourth-order valence-electron chi connectivity index (χ4n) is 6.57. The highest BCUT2D eigenvalue weighted by Crippen LogP contribution is 2.44. The van der Waals surface area contributed by atoms with Gasteiger partial charge in [0, 0.05) is 37.3 Å². The van der Waals surface area contributed by atoms with Gasteiger partial charge >= 0.3 is 6.18 Å². The minimum absolute atomic E-state index is 0.0237. The lowest BCUT2D eigenvalue weighted by atomic mass is 9.72. The van der Waals surface area contributed by atoms with Crippen LogP contribution >= 0.6 is 0 Å². The van der Waals surface area contributed by atoms with Gasteiger partial charge in [0.1, 0.15) is 12.2 Å². The van der Waals surface area contributed by atoms with Gasteiger partial charge in [0.25, 0.3) is 5.91 Å². The second kappa shape index (κ2) is 10.1. The molecule has 6 nitrogen and oxygen atoms in total. The van der Waals surface area contributed by atoms with Gasteiger partial charge in [-0.1, -0.05) is 25.5 Å². The van der Waals surface area contributed by atoms with E-state index in [0.29, 0.717) is 29.6 Å². The van der Waals surface area contributed by atoms with E-state index >= 15 is 0 Å². The second-order valence-corrected chi connectivity index (χ2v) is 11.6. The van der Waals surface area contributed by atoms with Gasteiger partial charge in [-0.3, -0.25) is 9.69 Å². The summed E-state index contributed by atoms with van der Waals surface area (Å²) >= 11 is 0. The number of carbonyl (C=O) groups is 1. The van der Waals surface area contributed by atoms with E-state index in [0.717, 1.165) is 56.6 Å². The summed E-state index contributed by atoms with van der Waals surface area (Å²) in [4.78, 5) is 17.3. The summed E-state index contributed by atoms with van der Waals surface area (Å²) in [5, 5.41) is 8.45. The Kier molecular flexibility index (Phi) is 6.73. The van der Waals surface area contributed by atoms with Crippen molar-refractivity contribution in [3.05, 3.63) is 76.4 Å². The van der Waals surface area contributed by atoms with Crippen LogP contribution in [-0.4, -0.2) is 38.7 Å². The molecule has 0 spiro atoms. The molecule has 1 saturated carbocycles. The molecule has 9 heteroatoms. The smallest absolute Gasteiger partial charge is 0.320 e. The van der Waals surface area contributed by atoms with E-state index in [4.69, 9.17) is 0 Å². The Morgan fingerprint density at radius 3 is 2.59 bits per heavy atom. The molecule has 2 atom stereocenters. The van der Waals surface area contributed by atoms with Gasteiger partial charge in [-0.25, -0.2) is 0 Å². The summed E-state index contributed by atoms with van der Waals surface area (Å²) in [6, 6.07) is 10.6. The van der Waals surface area contributed by atoms with Crippen molar-refractivity contribution in [3.63, 3.8) is 0 Å². The molecule has 2 aliphatic heterocycles. The van der Waals surface area contributed by atoms with Crippen molar-refractivity contribution in [2.24, 2.45) is 18.9 Å². The van der Waals surface area contributed by atoms with Gasteiger partial charge in [0.05, 0.1) is 12.1 Å². The third-order valence-electron chi connectivity index (χ3n) is 8.74. The van der Waals surface area contributed by atoms with Crippen molar-refractivity contribution in [1.82, 2.24) is 19.7 Å². The van der Waals surface area contributed by atoms with Gasteiger partial charge in [-0.05, 0) is 85.0 Å². The van der Waals surface area contributed by atoms with Crippen LogP contribution in [0, 0.1) is 11.8 Å². The number of aromatic nitrogens is 3. The number of aryl methyl sites for hydroxylation is 1. The third kappa shape index (κ3) is 4.97. The van der Waals surface area contributed by atoms with Crippen molar-refractivity contribution in [3.8, 4) is 0 Å². The molecule has 0 N–H and O–H groups in total. The predicted octanol–water partition coefficient (Wildman–Crippen LogP) is 6.16. The largest absolute Gasteiger partial charge is 0.416 e. The number of likely N-dealkylation sites (tertiary alicyclic amines) is 1. The van der Waals surface area contributed by atoms with Crippen molar-refractivity contribution in [2.75, 3.05) is 18.0 Å². The molecule has 2 fully saturated rings. The van der Waals surface area contributed by atoms with Gasteiger partial charge in [0.2, 0.25) is 0 Å². The maximum Gasteiger partial charge on any atom is 0.416 e. The first-order valence-electron chi connectivity index (χ1n) is 13.9. The molecule has 3 aliphatic rings. The Morgan fingerprint density at radius 2 is 1.92 bits per heavy atom. The summed E-state index contributed by atoms with van der Waals surface area (Å²) in [7, 11) is 1.92. The Bertz CT molecular complexity index is 1380. The zero-order valence-electron chi connectivity index (χ0n) is 22.4. The first kappa shape index (κ1) is 26.0. The Hall–Kier alpha value is -3.20. The van der Waals surface area contributed by atoms with Crippen LogP contribution < -0.4 is 4.90 Å². The van der Waals surface area contributed by atoms with E-state index in [-0.39, 0.29) is 29.5 Å². The minimum atomic E-state index is -4.53. The lowest BCUT2D eigenvalue weighted by Gasteiger charge is -2.33. The number of rotatable bonds is 6. The van der Waals surface area contributed by atoms with Gasteiger partial charge < -0.3 is 9.47 Å². The summed E-state index contributed by atoms with van der Waals surface area (Å²) in [6.45, 7) is 4.23. The summed E-state index contributed by atoms with van der Waals surface area (Å²) in [6.07, 6.45) is 2.67. The fraction of sp³-hybridized carbons (Fsp3) is 0.500. The number of benzene rings is 2. The molecule has 0 radical (unpaired) electrons. The zero-order valence-corrected chi connectivity index (χ0v) is 22.4. The van der Waals surface area contributed by atoms with Crippen LogP contribution in [0.25, 0.3) is 0 Å². The SMILES string of the molecule is C[C@H]1CCCN(Cc2cc3c(c(C(F)(F)F)c2)CN(c2cccc([C@H](c4nncn4C)C4CCC4)c2)C3=O)C1. The first-order chi connectivity index (χ1) is 18.7.